The number of nitrogens with zero attached hydrogens (tertiary/aromatic N) is 3. The molecule has 110 valence electrons. The molecule has 0 bridgehead atoms. The van der Waals surface area contributed by atoms with E-state index in [0.717, 1.165) is 31.5 Å². The van der Waals surface area contributed by atoms with E-state index in [1.54, 1.807) is 12.1 Å². The molecule has 0 aliphatic carbocycles. The maximum absolute atomic E-state index is 10.5. The Hall–Kier alpha value is -1.38. The van der Waals surface area contributed by atoms with E-state index in [9.17, 15) is 10.1 Å². The Morgan fingerprint density at radius 1 is 1.25 bits per heavy atom. The molecule has 0 radical (unpaired) electrons. The van der Waals surface area contributed by atoms with E-state index in [-0.39, 0.29) is 29.7 Å². The van der Waals surface area contributed by atoms with Crippen LogP contribution in [0.3, 0.4) is 0 Å². The minimum absolute atomic E-state index is 0. The molecule has 0 unspecified atom stereocenters. The number of non-ortho nitro benzene ring substituents is 1. The first-order valence-corrected chi connectivity index (χ1v) is 6.45. The average Bonchev–Trinajstić information content (AvgIpc) is 2.46. The lowest BCUT2D eigenvalue weighted by atomic mass is 10.1. The Balaban J connectivity index is 0.00000200. The third-order valence-corrected chi connectivity index (χ3v) is 3.25. The summed E-state index contributed by atoms with van der Waals surface area (Å²) in [6.07, 6.45) is 3.58. The maximum Gasteiger partial charge on any atom is 0.269 e. The molecular weight excluding hydrogens is 371 g/mol. The van der Waals surface area contributed by atoms with Crippen LogP contribution >= 0.6 is 24.0 Å². The van der Waals surface area contributed by atoms with E-state index in [1.807, 2.05) is 0 Å². The zero-order valence-corrected chi connectivity index (χ0v) is 13.5. The normalized spacial score (nSPS) is 15.6. The molecule has 6 nitrogen and oxygen atoms in total. The highest BCUT2D eigenvalue weighted by Gasteiger charge is 2.11. The van der Waals surface area contributed by atoms with Crippen LogP contribution in [0.2, 0.25) is 0 Å². The number of aliphatic imine (C=N–C) groups is 1. The minimum Gasteiger partial charge on any atom is -0.370 e. The summed E-state index contributed by atoms with van der Waals surface area (Å²) in [7, 11) is 0. The Kier molecular flexibility index (Phi) is 6.69. The highest BCUT2D eigenvalue weighted by atomic mass is 127. The molecule has 0 saturated carbocycles. The van der Waals surface area contributed by atoms with Gasteiger partial charge in [0.1, 0.15) is 0 Å². The van der Waals surface area contributed by atoms with Gasteiger partial charge in [-0.05, 0) is 24.8 Å². The molecule has 2 rings (SSSR count). The van der Waals surface area contributed by atoms with Crippen molar-refractivity contribution in [2.75, 3.05) is 13.1 Å². The fourth-order valence-electron chi connectivity index (χ4n) is 2.12. The topological polar surface area (TPSA) is 84.8 Å². The van der Waals surface area contributed by atoms with Crippen LogP contribution in [0, 0.1) is 10.1 Å². The Morgan fingerprint density at radius 2 is 1.85 bits per heavy atom. The van der Waals surface area contributed by atoms with Gasteiger partial charge in [0.25, 0.3) is 5.69 Å². The number of likely N-dealkylation sites (tertiary alicyclic amines) is 1. The third kappa shape index (κ3) is 4.62. The zero-order chi connectivity index (χ0) is 13.7. The summed E-state index contributed by atoms with van der Waals surface area (Å²) in [6, 6.07) is 6.40. The van der Waals surface area contributed by atoms with Gasteiger partial charge in [-0.1, -0.05) is 12.1 Å². The van der Waals surface area contributed by atoms with Crippen LogP contribution in [-0.4, -0.2) is 28.9 Å². The van der Waals surface area contributed by atoms with E-state index in [1.165, 1.54) is 18.6 Å². The maximum atomic E-state index is 10.5. The van der Waals surface area contributed by atoms with Crippen molar-refractivity contribution >= 4 is 35.6 Å². The number of hydrogen-bond donors (Lipinski definition) is 1. The van der Waals surface area contributed by atoms with Crippen molar-refractivity contribution in [3.8, 4) is 0 Å². The summed E-state index contributed by atoms with van der Waals surface area (Å²) in [5.41, 5.74) is 6.96. The minimum atomic E-state index is -0.408. The Labute approximate surface area is 135 Å². The van der Waals surface area contributed by atoms with Gasteiger partial charge in [0.2, 0.25) is 0 Å². The zero-order valence-electron chi connectivity index (χ0n) is 11.2. The second-order valence-corrected chi connectivity index (χ2v) is 4.65. The van der Waals surface area contributed by atoms with Crippen LogP contribution in [0.25, 0.3) is 0 Å². The highest BCUT2D eigenvalue weighted by Crippen LogP contribution is 2.13. The Bertz CT molecular complexity index is 470. The third-order valence-electron chi connectivity index (χ3n) is 3.25. The molecule has 1 aromatic carbocycles. The van der Waals surface area contributed by atoms with Gasteiger partial charge >= 0.3 is 0 Å². The summed E-state index contributed by atoms with van der Waals surface area (Å²) >= 11 is 0. The number of rotatable bonds is 3. The molecule has 0 aromatic heterocycles. The summed E-state index contributed by atoms with van der Waals surface area (Å²) in [6.45, 7) is 2.39. The SMILES string of the molecule is I.NC(=NCc1ccc([N+](=O)[O-])cc1)N1CCCCC1. The van der Waals surface area contributed by atoms with Gasteiger partial charge < -0.3 is 10.6 Å². The molecule has 1 aliphatic heterocycles. The average molecular weight is 390 g/mol. The van der Waals surface area contributed by atoms with E-state index < -0.39 is 4.92 Å². The van der Waals surface area contributed by atoms with Crippen molar-refractivity contribution in [2.24, 2.45) is 10.7 Å². The predicted octanol–water partition coefficient (Wildman–Crippen LogP) is 2.51. The van der Waals surface area contributed by atoms with Crippen molar-refractivity contribution in [1.29, 1.82) is 0 Å². The van der Waals surface area contributed by atoms with Crippen molar-refractivity contribution in [1.82, 2.24) is 4.90 Å². The lowest BCUT2D eigenvalue weighted by Gasteiger charge is -2.27. The van der Waals surface area contributed by atoms with Crippen LogP contribution in [0.15, 0.2) is 29.3 Å². The van der Waals surface area contributed by atoms with Gasteiger partial charge in [-0.2, -0.15) is 0 Å². The molecule has 1 heterocycles. The molecule has 2 N–H and O–H groups in total. The predicted molar refractivity (Wildman–Crippen MR) is 89.3 cm³/mol. The number of nitro benzene ring substituents is 1. The molecule has 1 fully saturated rings. The first-order valence-electron chi connectivity index (χ1n) is 6.45. The first-order chi connectivity index (χ1) is 9.16. The molecule has 1 saturated heterocycles. The van der Waals surface area contributed by atoms with Gasteiger partial charge in [-0.3, -0.25) is 10.1 Å². The first kappa shape index (κ1) is 16.7. The van der Waals surface area contributed by atoms with E-state index >= 15 is 0 Å². The van der Waals surface area contributed by atoms with Gasteiger partial charge in [0.05, 0.1) is 11.5 Å². The quantitative estimate of drug-likeness (QED) is 0.283. The standard InChI is InChI=1S/C13H18N4O2.HI/c14-13(16-8-2-1-3-9-16)15-10-11-4-6-12(7-5-11)17(18)19;/h4-7H,1-3,8-10H2,(H2,14,15);1H. The van der Waals surface area contributed by atoms with Crippen LogP contribution in [-0.2, 0) is 6.54 Å². The lowest BCUT2D eigenvalue weighted by Crippen LogP contribution is -2.40. The van der Waals surface area contributed by atoms with Gasteiger partial charge in [-0.25, -0.2) is 4.99 Å². The number of nitrogens with two attached hydrogens (primary N) is 1. The number of halogens is 1. The largest absolute Gasteiger partial charge is 0.370 e. The lowest BCUT2D eigenvalue weighted by molar-refractivity contribution is -0.384. The molecule has 0 amide bonds. The van der Waals surface area contributed by atoms with Crippen molar-refractivity contribution < 1.29 is 4.92 Å². The monoisotopic (exact) mass is 390 g/mol. The fraction of sp³-hybridized carbons (Fsp3) is 0.462. The second-order valence-electron chi connectivity index (χ2n) is 4.65. The molecule has 1 aromatic rings. The van der Waals surface area contributed by atoms with Crippen molar-refractivity contribution in [3.05, 3.63) is 39.9 Å². The molecule has 20 heavy (non-hydrogen) atoms. The van der Waals surface area contributed by atoms with Crippen LogP contribution < -0.4 is 5.73 Å². The fourth-order valence-corrected chi connectivity index (χ4v) is 2.12. The number of nitro groups is 1. The summed E-state index contributed by atoms with van der Waals surface area (Å²) in [5.74, 6) is 0.568. The summed E-state index contributed by atoms with van der Waals surface area (Å²) < 4.78 is 0. The van der Waals surface area contributed by atoms with Crippen LogP contribution in [0.5, 0.6) is 0 Å². The molecular formula is C13H19IN4O2. The molecule has 1 aliphatic rings. The number of guanidine groups is 1. The number of piperidine rings is 1. The van der Waals surface area contributed by atoms with Gasteiger partial charge in [0.15, 0.2) is 5.96 Å². The molecule has 7 heteroatoms. The van der Waals surface area contributed by atoms with Crippen LogP contribution in [0.4, 0.5) is 5.69 Å². The van der Waals surface area contributed by atoms with E-state index in [0.29, 0.717) is 12.5 Å². The molecule has 0 spiro atoms. The highest BCUT2D eigenvalue weighted by molar-refractivity contribution is 14.0. The summed E-state index contributed by atoms with van der Waals surface area (Å²) in [4.78, 5) is 16.6. The van der Waals surface area contributed by atoms with Crippen molar-refractivity contribution in [2.45, 2.75) is 25.8 Å². The van der Waals surface area contributed by atoms with Crippen molar-refractivity contribution in [3.63, 3.8) is 0 Å². The summed E-state index contributed by atoms with van der Waals surface area (Å²) in [5, 5.41) is 10.5. The Morgan fingerprint density at radius 3 is 2.40 bits per heavy atom. The van der Waals surface area contributed by atoms with E-state index in [2.05, 4.69) is 9.89 Å². The number of hydrogen-bond acceptors (Lipinski definition) is 3. The van der Waals surface area contributed by atoms with E-state index in [4.69, 9.17) is 5.73 Å². The number of benzene rings is 1. The smallest absolute Gasteiger partial charge is 0.269 e. The second kappa shape index (κ2) is 8.03. The van der Waals surface area contributed by atoms with Crippen LogP contribution in [0.1, 0.15) is 24.8 Å². The van der Waals surface area contributed by atoms with Gasteiger partial charge in [-0.15, -0.1) is 24.0 Å². The van der Waals surface area contributed by atoms with Gasteiger partial charge in [0, 0.05) is 25.2 Å². The molecule has 0 atom stereocenters.